The first-order valence-electron chi connectivity index (χ1n) is 8.89. The van der Waals surface area contributed by atoms with Gasteiger partial charge in [-0.05, 0) is 37.1 Å². The molecule has 0 bridgehead atoms. The van der Waals surface area contributed by atoms with Crippen LogP contribution >= 0.6 is 11.3 Å². The number of hydrogen-bond acceptors (Lipinski definition) is 5. The number of aliphatic hydroxyl groups is 1. The zero-order valence-electron chi connectivity index (χ0n) is 14.5. The lowest BCUT2D eigenvalue weighted by Crippen LogP contribution is -2.50. The van der Waals surface area contributed by atoms with Gasteiger partial charge in [0.05, 0.1) is 12.1 Å². The summed E-state index contributed by atoms with van der Waals surface area (Å²) < 4.78 is 27.0. The molecule has 1 saturated heterocycles. The van der Waals surface area contributed by atoms with E-state index >= 15 is 0 Å². The maximum Gasteiger partial charge on any atom is 0.252 e. The number of sulfonamides is 1. The molecule has 1 N–H and O–H groups in total. The van der Waals surface area contributed by atoms with Gasteiger partial charge in [-0.25, -0.2) is 8.42 Å². The first-order chi connectivity index (χ1) is 11.9. The van der Waals surface area contributed by atoms with Crippen molar-refractivity contribution in [3.63, 3.8) is 0 Å². The summed E-state index contributed by atoms with van der Waals surface area (Å²) in [5, 5.41) is 11.9. The van der Waals surface area contributed by atoms with Gasteiger partial charge in [0.15, 0.2) is 0 Å². The van der Waals surface area contributed by atoms with Gasteiger partial charge in [0.2, 0.25) is 5.91 Å². The minimum Gasteiger partial charge on any atom is -0.391 e. The molecule has 8 heteroatoms. The maximum atomic E-state index is 12.8. The van der Waals surface area contributed by atoms with E-state index in [-0.39, 0.29) is 17.9 Å². The highest BCUT2D eigenvalue weighted by molar-refractivity contribution is 7.91. The van der Waals surface area contributed by atoms with Crippen LogP contribution in [0.2, 0.25) is 0 Å². The third-order valence-corrected chi connectivity index (χ3v) is 8.70. The van der Waals surface area contributed by atoms with E-state index in [9.17, 15) is 18.3 Å². The highest BCUT2D eigenvalue weighted by atomic mass is 32.2. The molecule has 2 heterocycles. The number of carbonyl (C=O) groups is 1. The predicted octanol–water partition coefficient (Wildman–Crippen LogP) is 1.91. The van der Waals surface area contributed by atoms with Crippen LogP contribution in [0.4, 0.5) is 0 Å². The Hall–Kier alpha value is -0.960. The second-order valence-corrected chi connectivity index (χ2v) is 10.1. The Morgan fingerprint density at radius 3 is 2.52 bits per heavy atom. The molecule has 0 radical (unpaired) electrons. The smallest absolute Gasteiger partial charge is 0.252 e. The Morgan fingerprint density at radius 2 is 1.92 bits per heavy atom. The lowest BCUT2D eigenvalue weighted by Gasteiger charge is -2.38. The van der Waals surface area contributed by atoms with Crippen LogP contribution in [-0.4, -0.2) is 60.9 Å². The predicted molar refractivity (Wildman–Crippen MR) is 96.8 cm³/mol. The summed E-state index contributed by atoms with van der Waals surface area (Å²) in [7, 11) is -1.66. The van der Waals surface area contributed by atoms with Crippen LogP contribution in [0.1, 0.15) is 38.5 Å². The molecule has 1 amide bonds. The lowest BCUT2D eigenvalue weighted by molar-refractivity contribution is -0.141. The number of piperidine rings is 1. The topological polar surface area (TPSA) is 77.9 Å². The quantitative estimate of drug-likeness (QED) is 0.857. The van der Waals surface area contributed by atoms with Gasteiger partial charge in [-0.2, -0.15) is 4.31 Å². The van der Waals surface area contributed by atoms with E-state index in [1.54, 1.807) is 29.5 Å². The third-order valence-electron chi connectivity index (χ3n) is 5.43. The van der Waals surface area contributed by atoms with E-state index in [1.807, 2.05) is 0 Å². The van der Waals surface area contributed by atoms with Crippen molar-refractivity contribution in [3.8, 4) is 0 Å². The number of hydrogen-bond donors (Lipinski definition) is 1. The molecule has 6 nitrogen and oxygen atoms in total. The summed E-state index contributed by atoms with van der Waals surface area (Å²) in [5.74, 6) is -0.118. The Bertz CT molecular complexity index is 682. The highest BCUT2D eigenvalue weighted by Crippen LogP contribution is 2.29. The number of carbonyl (C=O) groups excluding carboxylic acids is 1. The number of likely N-dealkylation sites (N-methyl/N-ethyl adjacent to an activating group) is 1. The zero-order chi connectivity index (χ0) is 18.0. The summed E-state index contributed by atoms with van der Waals surface area (Å²) >= 11 is 1.22. The molecule has 25 heavy (non-hydrogen) atoms. The van der Waals surface area contributed by atoms with Crippen molar-refractivity contribution >= 4 is 27.3 Å². The van der Waals surface area contributed by atoms with Crippen molar-refractivity contribution in [1.29, 1.82) is 0 Å². The first-order valence-corrected chi connectivity index (χ1v) is 11.2. The average molecular weight is 387 g/mol. The lowest BCUT2D eigenvalue weighted by atomic mass is 9.89. The highest BCUT2D eigenvalue weighted by Gasteiger charge is 2.36. The summed E-state index contributed by atoms with van der Waals surface area (Å²) in [6.45, 7) is 0.745. The minimum absolute atomic E-state index is 0.0409. The van der Waals surface area contributed by atoms with Gasteiger partial charge in [-0.3, -0.25) is 4.79 Å². The van der Waals surface area contributed by atoms with Crippen LogP contribution in [0.3, 0.4) is 0 Å². The molecule has 3 rings (SSSR count). The minimum atomic E-state index is -3.43. The largest absolute Gasteiger partial charge is 0.391 e. The molecular formula is C17H26N2O4S2. The molecule has 0 aromatic carbocycles. The van der Waals surface area contributed by atoms with Crippen molar-refractivity contribution in [1.82, 2.24) is 9.21 Å². The van der Waals surface area contributed by atoms with Crippen LogP contribution in [0, 0.1) is 5.92 Å². The molecule has 2 fully saturated rings. The number of aliphatic hydroxyl groups excluding tert-OH is 1. The molecule has 140 valence electrons. The average Bonchev–Trinajstić information content (AvgIpc) is 3.16. The summed E-state index contributed by atoms with van der Waals surface area (Å²) in [5.41, 5.74) is 0. The van der Waals surface area contributed by atoms with Gasteiger partial charge in [-0.1, -0.05) is 18.9 Å². The standard InChI is InChI=1S/C17H26N2O4S2/c1-18(14-5-2-3-6-15(14)20)17(21)13-8-10-19(11-9-13)25(22,23)16-7-4-12-24-16/h4,7,12-15,20H,2-3,5-6,8-11H2,1H3/t14-,15-/m0/s1. The summed E-state index contributed by atoms with van der Waals surface area (Å²) in [4.78, 5) is 14.5. The normalized spacial score (nSPS) is 26.5. The van der Waals surface area contributed by atoms with Crippen molar-refractivity contribution in [3.05, 3.63) is 17.5 Å². The van der Waals surface area contributed by atoms with E-state index < -0.39 is 16.1 Å². The van der Waals surface area contributed by atoms with Crippen LogP contribution in [0.25, 0.3) is 0 Å². The first kappa shape index (κ1) is 18.8. The molecule has 2 atom stereocenters. The second kappa shape index (κ2) is 7.73. The van der Waals surface area contributed by atoms with Crippen LogP contribution in [-0.2, 0) is 14.8 Å². The molecule has 1 aromatic heterocycles. The molecule has 0 unspecified atom stereocenters. The number of amides is 1. The fourth-order valence-electron chi connectivity index (χ4n) is 3.88. The van der Waals surface area contributed by atoms with Crippen molar-refractivity contribution < 1.29 is 18.3 Å². The SMILES string of the molecule is CN(C(=O)C1CCN(S(=O)(=O)c2cccs2)CC1)[C@H]1CCCC[C@@H]1O. The van der Waals surface area contributed by atoms with Gasteiger partial charge in [0.25, 0.3) is 10.0 Å². The Kier molecular flexibility index (Phi) is 5.82. The van der Waals surface area contributed by atoms with E-state index in [0.717, 1.165) is 25.7 Å². The molecule has 1 saturated carbocycles. The van der Waals surface area contributed by atoms with Crippen LogP contribution < -0.4 is 0 Å². The molecule has 1 aliphatic heterocycles. The van der Waals surface area contributed by atoms with E-state index in [1.165, 1.54) is 15.6 Å². The van der Waals surface area contributed by atoms with E-state index in [0.29, 0.717) is 30.1 Å². The molecule has 1 aromatic rings. The zero-order valence-corrected chi connectivity index (χ0v) is 16.1. The van der Waals surface area contributed by atoms with Gasteiger partial charge in [0, 0.05) is 26.1 Å². The number of nitrogens with zero attached hydrogens (tertiary/aromatic N) is 2. The Morgan fingerprint density at radius 1 is 1.24 bits per heavy atom. The van der Waals surface area contributed by atoms with Gasteiger partial charge in [0.1, 0.15) is 4.21 Å². The second-order valence-electron chi connectivity index (χ2n) is 6.98. The molecule has 2 aliphatic rings. The molecule has 0 spiro atoms. The van der Waals surface area contributed by atoms with Gasteiger partial charge >= 0.3 is 0 Å². The molecule has 1 aliphatic carbocycles. The van der Waals surface area contributed by atoms with Crippen LogP contribution in [0.5, 0.6) is 0 Å². The maximum absolute atomic E-state index is 12.8. The van der Waals surface area contributed by atoms with E-state index in [2.05, 4.69) is 0 Å². The third kappa shape index (κ3) is 3.92. The molecular weight excluding hydrogens is 360 g/mol. The number of thiophene rings is 1. The monoisotopic (exact) mass is 386 g/mol. The van der Waals surface area contributed by atoms with Gasteiger partial charge < -0.3 is 10.0 Å². The Balaban J connectivity index is 1.59. The fourth-order valence-corrected chi connectivity index (χ4v) is 6.49. The van der Waals surface area contributed by atoms with Crippen molar-refractivity contribution in [2.24, 2.45) is 5.92 Å². The summed E-state index contributed by atoms with van der Waals surface area (Å²) in [6.07, 6.45) is 4.28. The Labute approximate surface area is 153 Å². The number of rotatable bonds is 4. The van der Waals surface area contributed by atoms with Crippen molar-refractivity contribution in [2.75, 3.05) is 20.1 Å². The van der Waals surface area contributed by atoms with Crippen LogP contribution in [0.15, 0.2) is 21.7 Å². The van der Waals surface area contributed by atoms with E-state index in [4.69, 9.17) is 0 Å². The van der Waals surface area contributed by atoms with Gasteiger partial charge in [-0.15, -0.1) is 11.3 Å². The summed E-state index contributed by atoms with van der Waals surface area (Å²) in [6, 6.07) is 3.25. The fraction of sp³-hybridized carbons (Fsp3) is 0.706. The van der Waals surface area contributed by atoms with Crippen molar-refractivity contribution in [2.45, 2.75) is 54.9 Å².